The van der Waals surface area contributed by atoms with Crippen molar-refractivity contribution in [1.29, 1.82) is 0 Å². The molecule has 1 aromatic carbocycles. The number of carboxylic acid groups (broad SMARTS) is 1. The fraction of sp³-hybridized carbons (Fsp3) is 0.125. The second kappa shape index (κ2) is 4.24. The zero-order valence-electron chi connectivity index (χ0n) is 7.38. The van der Waals surface area contributed by atoms with E-state index in [1.165, 1.54) is 12.1 Å². The number of carboxylic acids is 1. The Bertz CT molecular complexity index is 421. The third kappa shape index (κ3) is 2.42. The molecule has 1 unspecified atom stereocenters. The van der Waals surface area contributed by atoms with E-state index < -0.39 is 16.9 Å². The maximum atomic E-state index is 10.5. The number of nitro benzene ring substituents is 1. The maximum absolute atomic E-state index is 10.5. The van der Waals surface area contributed by atoms with Crippen LogP contribution in [0, 0.1) is 10.1 Å². The average molecular weight is 231 g/mol. The van der Waals surface area contributed by atoms with Gasteiger partial charge in [0.15, 0.2) is 0 Å². The monoisotopic (exact) mass is 230 g/mol. The van der Waals surface area contributed by atoms with Crippen LogP contribution in [0.4, 0.5) is 5.69 Å². The summed E-state index contributed by atoms with van der Waals surface area (Å²) < 4.78 is 0. The average Bonchev–Trinajstić information content (AvgIpc) is 2.16. The number of rotatable bonds is 3. The number of benzene rings is 1. The molecule has 0 aliphatic heterocycles. The minimum Gasteiger partial charge on any atom is -0.480 e. The highest BCUT2D eigenvalue weighted by Gasteiger charge is 2.19. The molecule has 7 heteroatoms. The van der Waals surface area contributed by atoms with Crippen LogP contribution in [0.1, 0.15) is 11.6 Å². The number of aliphatic carboxylic acids is 1. The fourth-order valence-electron chi connectivity index (χ4n) is 1.01. The van der Waals surface area contributed by atoms with Crippen LogP contribution in [0.15, 0.2) is 18.2 Å². The van der Waals surface area contributed by atoms with E-state index in [1.54, 1.807) is 0 Å². The number of carbonyl (C=O) groups is 1. The lowest BCUT2D eigenvalue weighted by atomic mass is 10.1. The molecule has 15 heavy (non-hydrogen) atoms. The van der Waals surface area contributed by atoms with Crippen LogP contribution < -0.4 is 5.73 Å². The summed E-state index contributed by atoms with van der Waals surface area (Å²) in [5.41, 5.74) is 5.07. The third-order valence-electron chi connectivity index (χ3n) is 1.79. The van der Waals surface area contributed by atoms with Crippen LogP contribution in [0.5, 0.6) is 0 Å². The molecule has 0 aromatic heterocycles. The molecule has 0 aliphatic rings. The molecule has 6 nitrogen and oxygen atoms in total. The predicted octanol–water partition coefficient (Wildman–Crippen LogP) is 1.33. The largest absolute Gasteiger partial charge is 0.480 e. The standard InChI is InChI=1S/C8H7ClN2O4/c9-5-2-1-4(7(10)8(12)13)3-6(5)11(14)15/h1-3,7H,10H2,(H,12,13). The normalized spacial score (nSPS) is 12.1. The van der Waals surface area contributed by atoms with Gasteiger partial charge in [-0.2, -0.15) is 0 Å². The van der Waals surface area contributed by atoms with Crippen LogP contribution in [-0.4, -0.2) is 16.0 Å². The van der Waals surface area contributed by atoms with Crippen molar-refractivity contribution in [2.75, 3.05) is 0 Å². The van der Waals surface area contributed by atoms with Crippen LogP contribution in [-0.2, 0) is 4.79 Å². The van der Waals surface area contributed by atoms with E-state index in [-0.39, 0.29) is 16.3 Å². The summed E-state index contributed by atoms with van der Waals surface area (Å²) >= 11 is 5.55. The second-order valence-electron chi connectivity index (χ2n) is 2.78. The Morgan fingerprint density at radius 2 is 2.20 bits per heavy atom. The van der Waals surface area contributed by atoms with Gasteiger partial charge in [0.05, 0.1) is 4.92 Å². The fourth-order valence-corrected chi connectivity index (χ4v) is 1.19. The number of nitro groups is 1. The lowest BCUT2D eigenvalue weighted by molar-refractivity contribution is -0.384. The van der Waals surface area contributed by atoms with Crippen molar-refractivity contribution in [3.8, 4) is 0 Å². The van der Waals surface area contributed by atoms with Crippen molar-refractivity contribution in [3.05, 3.63) is 38.9 Å². The lowest BCUT2D eigenvalue weighted by Gasteiger charge is -2.06. The topological polar surface area (TPSA) is 106 Å². The number of nitrogens with two attached hydrogens (primary N) is 1. The molecule has 1 rings (SSSR count). The predicted molar refractivity (Wildman–Crippen MR) is 52.7 cm³/mol. The first-order chi connectivity index (χ1) is 6.93. The molecule has 0 fully saturated rings. The van der Waals surface area contributed by atoms with E-state index >= 15 is 0 Å². The van der Waals surface area contributed by atoms with Crippen molar-refractivity contribution < 1.29 is 14.8 Å². The summed E-state index contributed by atoms with van der Waals surface area (Å²) in [6.07, 6.45) is 0. The van der Waals surface area contributed by atoms with Crippen LogP contribution in [0.25, 0.3) is 0 Å². The first kappa shape index (κ1) is 11.4. The summed E-state index contributed by atoms with van der Waals surface area (Å²) in [4.78, 5) is 20.3. The van der Waals surface area contributed by atoms with Gasteiger partial charge in [0.2, 0.25) is 0 Å². The van der Waals surface area contributed by atoms with Gasteiger partial charge in [0.25, 0.3) is 5.69 Å². The molecule has 0 radical (unpaired) electrons. The number of hydrogen-bond acceptors (Lipinski definition) is 4. The smallest absolute Gasteiger partial charge is 0.325 e. The summed E-state index contributed by atoms with van der Waals surface area (Å²) in [7, 11) is 0. The van der Waals surface area contributed by atoms with Crippen LogP contribution in [0.2, 0.25) is 5.02 Å². The highest BCUT2D eigenvalue weighted by molar-refractivity contribution is 6.32. The van der Waals surface area contributed by atoms with Gasteiger partial charge in [0, 0.05) is 6.07 Å². The Morgan fingerprint density at radius 1 is 1.60 bits per heavy atom. The SMILES string of the molecule is NC(C(=O)O)c1ccc(Cl)c([N+](=O)[O-])c1. The van der Waals surface area contributed by atoms with Crippen LogP contribution in [0.3, 0.4) is 0 Å². The zero-order chi connectivity index (χ0) is 11.6. The van der Waals surface area contributed by atoms with Gasteiger partial charge in [-0.15, -0.1) is 0 Å². The van der Waals surface area contributed by atoms with Gasteiger partial charge in [0.1, 0.15) is 11.1 Å². The summed E-state index contributed by atoms with van der Waals surface area (Å²) in [5, 5.41) is 19.1. The molecule has 1 atom stereocenters. The third-order valence-corrected chi connectivity index (χ3v) is 2.11. The summed E-state index contributed by atoms with van der Waals surface area (Å²) in [6.45, 7) is 0. The van der Waals surface area contributed by atoms with Crippen LogP contribution >= 0.6 is 11.6 Å². The molecule has 0 saturated heterocycles. The minimum atomic E-state index is -1.29. The van der Waals surface area contributed by atoms with E-state index in [0.717, 1.165) is 6.07 Å². The number of halogens is 1. The Morgan fingerprint density at radius 3 is 2.67 bits per heavy atom. The quantitative estimate of drug-likeness (QED) is 0.602. The van der Waals surface area contributed by atoms with Gasteiger partial charge in [-0.3, -0.25) is 14.9 Å². The second-order valence-corrected chi connectivity index (χ2v) is 3.19. The number of nitrogens with zero attached hydrogens (tertiary/aromatic N) is 1. The molecular weight excluding hydrogens is 224 g/mol. The van der Waals surface area contributed by atoms with Crippen molar-refractivity contribution in [2.24, 2.45) is 5.73 Å². The first-order valence-corrected chi connectivity index (χ1v) is 4.23. The van der Waals surface area contributed by atoms with Crippen molar-refractivity contribution in [2.45, 2.75) is 6.04 Å². The van der Waals surface area contributed by atoms with Gasteiger partial charge < -0.3 is 10.8 Å². The number of hydrogen-bond donors (Lipinski definition) is 2. The van der Waals surface area contributed by atoms with Crippen molar-refractivity contribution in [3.63, 3.8) is 0 Å². The van der Waals surface area contributed by atoms with Gasteiger partial charge in [-0.25, -0.2) is 0 Å². The summed E-state index contributed by atoms with van der Waals surface area (Å²) in [5.74, 6) is -1.26. The molecule has 0 spiro atoms. The molecule has 0 heterocycles. The van der Waals surface area contributed by atoms with Gasteiger partial charge in [-0.05, 0) is 11.6 Å². The maximum Gasteiger partial charge on any atom is 0.325 e. The molecular formula is C8H7ClN2O4. The van der Waals surface area contributed by atoms with Crippen molar-refractivity contribution >= 4 is 23.3 Å². The minimum absolute atomic E-state index is 0.0543. The lowest BCUT2D eigenvalue weighted by Crippen LogP contribution is -2.20. The molecule has 0 bridgehead atoms. The van der Waals surface area contributed by atoms with E-state index in [4.69, 9.17) is 22.4 Å². The Kier molecular flexibility index (Phi) is 3.23. The van der Waals surface area contributed by atoms with Gasteiger partial charge in [-0.1, -0.05) is 17.7 Å². The zero-order valence-corrected chi connectivity index (χ0v) is 8.14. The molecule has 0 aliphatic carbocycles. The highest BCUT2D eigenvalue weighted by atomic mass is 35.5. The first-order valence-electron chi connectivity index (χ1n) is 3.85. The Hall–Kier alpha value is -1.66. The van der Waals surface area contributed by atoms with E-state index in [2.05, 4.69) is 0 Å². The van der Waals surface area contributed by atoms with E-state index in [0.29, 0.717) is 0 Å². The Balaban J connectivity index is 3.18. The molecule has 80 valence electrons. The van der Waals surface area contributed by atoms with E-state index in [1.807, 2.05) is 0 Å². The highest BCUT2D eigenvalue weighted by Crippen LogP contribution is 2.27. The van der Waals surface area contributed by atoms with E-state index in [9.17, 15) is 14.9 Å². The molecule has 1 aromatic rings. The Labute approximate surface area is 89.4 Å². The van der Waals surface area contributed by atoms with Crippen molar-refractivity contribution in [1.82, 2.24) is 0 Å². The molecule has 0 amide bonds. The summed E-state index contributed by atoms with van der Waals surface area (Å²) in [6, 6.07) is 2.36. The van der Waals surface area contributed by atoms with Gasteiger partial charge >= 0.3 is 5.97 Å². The molecule has 3 N–H and O–H groups in total. The molecule has 0 saturated carbocycles.